The number of hydrogen-bond acceptors (Lipinski definition) is 3. The minimum atomic E-state index is 0.118. The molecule has 2 N–H and O–H groups in total. The summed E-state index contributed by atoms with van der Waals surface area (Å²) in [4.78, 5) is 13.9. The quantitative estimate of drug-likeness (QED) is 0.862. The molecule has 0 aliphatic carbocycles. The zero-order valence-electron chi connectivity index (χ0n) is 11.2. The summed E-state index contributed by atoms with van der Waals surface area (Å²) in [6.45, 7) is 2.53. The first kappa shape index (κ1) is 14.2. The second-order valence-electron chi connectivity index (χ2n) is 4.83. The highest BCUT2D eigenvalue weighted by Crippen LogP contribution is 2.23. The summed E-state index contributed by atoms with van der Waals surface area (Å²) in [7, 11) is 1.85. The average molecular weight is 282 g/mol. The molecule has 1 unspecified atom stereocenters. The molecule has 0 bridgehead atoms. The van der Waals surface area contributed by atoms with E-state index >= 15 is 0 Å². The number of rotatable bonds is 5. The van der Waals surface area contributed by atoms with E-state index in [1.165, 1.54) is 0 Å². The molecule has 1 heterocycles. The fourth-order valence-corrected chi connectivity index (χ4v) is 2.51. The summed E-state index contributed by atoms with van der Waals surface area (Å²) in [5.74, 6) is 0.118. The van der Waals surface area contributed by atoms with Crippen LogP contribution in [0.25, 0.3) is 0 Å². The van der Waals surface area contributed by atoms with Gasteiger partial charge in [0.25, 0.3) is 0 Å². The first-order valence-electron chi connectivity index (χ1n) is 6.63. The number of hydrogen-bond donors (Lipinski definition) is 2. The lowest BCUT2D eigenvalue weighted by Crippen LogP contribution is -2.38. The molecule has 1 aliphatic heterocycles. The molecule has 1 atom stereocenters. The monoisotopic (exact) mass is 281 g/mol. The third kappa shape index (κ3) is 4.11. The molecule has 19 heavy (non-hydrogen) atoms. The summed E-state index contributed by atoms with van der Waals surface area (Å²) in [5.41, 5.74) is 1.12. The van der Waals surface area contributed by atoms with Gasteiger partial charge in [-0.1, -0.05) is 17.7 Å². The molecule has 0 spiro atoms. The van der Waals surface area contributed by atoms with Crippen molar-refractivity contribution in [2.24, 2.45) is 0 Å². The van der Waals surface area contributed by atoms with Gasteiger partial charge in [-0.2, -0.15) is 0 Å². The SMILES string of the molecule is CNCCC(=O)NC1CCN(c2cccc(Cl)c2)C1. The molecule has 0 aromatic heterocycles. The number of anilines is 1. The van der Waals surface area contributed by atoms with Gasteiger partial charge in [-0.25, -0.2) is 0 Å². The summed E-state index contributed by atoms with van der Waals surface area (Å²) in [5, 5.41) is 6.80. The Bertz CT molecular complexity index is 438. The van der Waals surface area contributed by atoms with Crippen molar-refractivity contribution in [3.8, 4) is 0 Å². The van der Waals surface area contributed by atoms with Crippen LogP contribution in [0.2, 0.25) is 5.02 Å². The van der Waals surface area contributed by atoms with Crippen molar-refractivity contribution in [1.29, 1.82) is 0 Å². The molecule has 5 heteroatoms. The van der Waals surface area contributed by atoms with Crippen molar-refractivity contribution in [1.82, 2.24) is 10.6 Å². The molecule has 1 amide bonds. The van der Waals surface area contributed by atoms with E-state index in [1.54, 1.807) is 0 Å². The Labute approximate surface area is 119 Å². The van der Waals surface area contributed by atoms with Gasteiger partial charge in [0.15, 0.2) is 0 Å². The van der Waals surface area contributed by atoms with Gasteiger partial charge >= 0.3 is 0 Å². The van der Waals surface area contributed by atoms with E-state index in [0.29, 0.717) is 6.42 Å². The fourth-order valence-electron chi connectivity index (χ4n) is 2.32. The van der Waals surface area contributed by atoms with Gasteiger partial charge < -0.3 is 15.5 Å². The van der Waals surface area contributed by atoms with Crippen LogP contribution < -0.4 is 15.5 Å². The molecule has 2 rings (SSSR count). The van der Waals surface area contributed by atoms with Crippen LogP contribution in [-0.2, 0) is 4.79 Å². The Morgan fingerprint density at radius 2 is 2.37 bits per heavy atom. The lowest BCUT2D eigenvalue weighted by Gasteiger charge is -2.19. The van der Waals surface area contributed by atoms with Crippen molar-refractivity contribution in [2.75, 3.05) is 31.6 Å². The smallest absolute Gasteiger partial charge is 0.221 e. The number of carbonyl (C=O) groups excluding carboxylic acids is 1. The van der Waals surface area contributed by atoms with Gasteiger partial charge in [-0.05, 0) is 31.7 Å². The number of nitrogens with one attached hydrogen (secondary N) is 2. The van der Waals surface area contributed by atoms with Crippen molar-refractivity contribution in [3.05, 3.63) is 29.3 Å². The Balaban J connectivity index is 1.84. The lowest BCUT2D eigenvalue weighted by molar-refractivity contribution is -0.121. The maximum absolute atomic E-state index is 11.7. The largest absolute Gasteiger partial charge is 0.369 e. The first-order chi connectivity index (χ1) is 9.19. The van der Waals surface area contributed by atoms with Crippen molar-refractivity contribution in [3.63, 3.8) is 0 Å². The van der Waals surface area contributed by atoms with Crippen LogP contribution in [0, 0.1) is 0 Å². The third-order valence-electron chi connectivity index (χ3n) is 3.33. The molecule has 0 radical (unpaired) electrons. The number of amides is 1. The van der Waals surface area contributed by atoms with Gasteiger partial charge in [0.05, 0.1) is 0 Å². The van der Waals surface area contributed by atoms with E-state index in [0.717, 1.165) is 36.8 Å². The highest BCUT2D eigenvalue weighted by Gasteiger charge is 2.23. The number of carbonyl (C=O) groups is 1. The van der Waals surface area contributed by atoms with Gasteiger partial charge in [0.2, 0.25) is 5.91 Å². The fraction of sp³-hybridized carbons (Fsp3) is 0.500. The van der Waals surface area contributed by atoms with E-state index < -0.39 is 0 Å². The molecule has 1 fully saturated rings. The Kier molecular flexibility index (Phi) is 5.05. The second kappa shape index (κ2) is 6.78. The Morgan fingerprint density at radius 3 is 3.11 bits per heavy atom. The Morgan fingerprint density at radius 1 is 1.53 bits per heavy atom. The molecule has 104 valence electrons. The van der Waals surface area contributed by atoms with Crippen LogP contribution in [0.4, 0.5) is 5.69 Å². The summed E-state index contributed by atoms with van der Waals surface area (Å²) < 4.78 is 0. The molecule has 1 aromatic carbocycles. The van der Waals surface area contributed by atoms with Gasteiger partial charge in [0, 0.05) is 42.8 Å². The highest BCUT2D eigenvalue weighted by atomic mass is 35.5. The van der Waals surface area contributed by atoms with Crippen LogP contribution in [0.3, 0.4) is 0 Å². The lowest BCUT2D eigenvalue weighted by atomic mass is 10.2. The number of nitrogens with zero attached hydrogens (tertiary/aromatic N) is 1. The molecular weight excluding hydrogens is 262 g/mol. The zero-order chi connectivity index (χ0) is 13.7. The normalized spacial score (nSPS) is 18.6. The molecule has 4 nitrogen and oxygen atoms in total. The van der Waals surface area contributed by atoms with E-state index in [4.69, 9.17) is 11.6 Å². The summed E-state index contributed by atoms with van der Waals surface area (Å²) in [6.07, 6.45) is 1.52. The van der Waals surface area contributed by atoms with Crippen LogP contribution >= 0.6 is 11.6 Å². The van der Waals surface area contributed by atoms with E-state index in [2.05, 4.69) is 21.6 Å². The summed E-state index contributed by atoms with van der Waals surface area (Å²) >= 11 is 6.00. The van der Waals surface area contributed by atoms with Gasteiger partial charge in [-0.3, -0.25) is 4.79 Å². The van der Waals surface area contributed by atoms with E-state index in [1.807, 2.05) is 25.2 Å². The number of benzene rings is 1. The first-order valence-corrected chi connectivity index (χ1v) is 7.01. The van der Waals surface area contributed by atoms with Gasteiger partial charge in [0.1, 0.15) is 0 Å². The van der Waals surface area contributed by atoms with E-state index in [9.17, 15) is 4.79 Å². The predicted molar refractivity (Wildman–Crippen MR) is 78.8 cm³/mol. The maximum Gasteiger partial charge on any atom is 0.221 e. The highest BCUT2D eigenvalue weighted by molar-refractivity contribution is 6.30. The molecule has 1 aliphatic rings. The minimum absolute atomic E-state index is 0.118. The average Bonchev–Trinajstić information content (AvgIpc) is 2.85. The maximum atomic E-state index is 11.7. The van der Waals surface area contributed by atoms with Crippen LogP contribution in [0.5, 0.6) is 0 Å². The topological polar surface area (TPSA) is 44.4 Å². The number of halogens is 1. The van der Waals surface area contributed by atoms with Gasteiger partial charge in [-0.15, -0.1) is 0 Å². The zero-order valence-corrected chi connectivity index (χ0v) is 11.9. The molecule has 1 saturated heterocycles. The molecule has 1 aromatic rings. The molecular formula is C14H20ClN3O. The van der Waals surface area contributed by atoms with Crippen LogP contribution in [0.1, 0.15) is 12.8 Å². The van der Waals surface area contributed by atoms with Crippen LogP contribution in [0.15, 0.2) is 24.3 Å². The standard InChI is InChI=1S/C14H20ClN3O/c1-16-7-5-14(19)17-12-6-8-18(10-12)13-4-2-3-11(15)9-13/h2-4,9,12,16H,5-8,10H2,1H3,(H,17,19). The van der Waals surface area contributed by atoms with Crippen molar-refractivity contribution >= 4 is 23.2 Å². The van der Waals surface area contributed by atoms with Crippen molar-refractivity contribution < 1.29 is 4.79 Å². The minimum Gasteiger partial charge on any atom is -0.369 e. The Hall–Kier alpha value is -1.26. The third-order valence-corrected chi connectivity index (χ3v) is 3.56. The second-order valence-corrected chi connectivity index (χ2v) is 5.27. The van der Waals surface area contributed by atoms with E-state index in [-0.39, 0.29) is 11.9 Å². The van der Waals surface area contributed by atoms with Crippen molar-refractivity contribution in [2.45, 2.75) is 18.9 Å². The molecule has 0 saturated carbocycles. The summed E-state index contributed by atoms with van der Waals surface area (Å²) in [6, 6.07) is 8.08. The predicted octanol–water partition coefficient (Wildman–Crippen LogP) is 1.64. The van der Waals surface area contributed by atoms with Crippen LogP contribution in [-0.4, -0.2) is 38.6 Å².